The zero-order valence-corrected chi connectivity index (χ0v) is 12.1. The Bertz CT molecular complexity index is 555. The van der Waals surface area contributed by atoms with Crippen LogP contribution in [0, 0.1) is 11.7 Å². The van der Waals surface area contributed by atoms with Crippen LogP contribution in [0.15, 0.2) is 47.3 Å². The summed E-state index contributed by atoms with van der Waals surface area (Å²) >= 11 is 0. The summed E-state index contributed by atoms with van der Waals surface area (Å²) in [5.74, 6) is 0.241. The smallest absolute Gasteiger partial charge is 0.123 e. The highest BCUT2D eigenvalue weighted by Crippen LogP contribution is 2.26. The minimum absolute atomic E-state index is 0.196. The Morgan fingerprint density at radius 2 is 2.10 bits per heavy atom. The van der Waals surface area contributed by atoms with Crippen LogP contribution in [0.3, 0.4) is 0 Å². The van der Waals surface area contributed by atoms with Gasteiger partial charge in [0, 0.05) is 31.1 Å². The predicted molar refractivity (Wildman–Crippen MR) is 78.8 cm³/mol. The maximum absolute atomic E-state index is 13.0. The van der Waals surface area contributed by atoms with E-state index in [2.05, 4.69) is 22.8 Å². The molecule has 1 aliphatic heterocycles. The van der Waals surface area contributed by atoms with Gasteiger partial charge in [-0.05, 0) is 30.8 Å². The van der Waals surface area contributed by atoms with Gasteiger partial charge >= 0.3 is 0 Å². The summed E-state index contributed by atoms with van der Waals surface area (Å²) in [7, 11) is 2.10. The van der Waals surface area contributed by atoms with Crippen LogP contribution >= 0.6 is 0 Å². The van der Waals surface area contributed by atoms with Crippen molar-refractivity contribution in [2.75, 3.05) is 20.1 Å². The molecule has 0 bridgehead atoms. The topological polar surface area (TPSA) is 40.4 Å². The van der Waals surface area contributed by atoms with Crippen molar-refractivity contribution >= 4 is 0 Å². The van der Waals surface area contributed by atoms with E-state index in [4.69, 9.17) is 4.42 Å². The lowest BCUT2D eigenvalue weighted by Crippen LogP contribution is -2.30. The minimum Gasteiger partial charge on any atom is -0.472 e. The third-order valence-corrected chi connectivity index (χ3v) is 3.90. The third kappa shape index (κ3) is 3.50. The second kappa shape index (κ2) is 6.39. The molecule has 0 amide bonds. The van der Waals surface area contributed by atoms with Gasteiger partial charge in [-0.1, -0.05) is 12.1 Å². The van der Waals surface area contributed by atoms with Crippen molar-refractivity contribution < 1.29 is 8.81 Å². The second-order valence-corrected chi connectivity index (χ2v) is 5.64. The van der Waals surface area contributed by atoms with Crippen LogP contribution in [-0.4, -0.2) is 25.0 Å². The molecular weight excluding hydrogens is 269 g/mol. The number of rotatable bonds is 5. The highest BCUT2D eigenvalue weighted by molar-refractivity contribution is 5.21. The highest BCUT2D eigenvalue weighted by Gasteiger charge is 2.29. The molecule has 3 rings (SSSR count). The zero-order chi connectivity index (χ0) is 14.7. The number of nitrogens with zero attached hydrogens (tertiary/aromatic N) is 1. The van der Waals surface area contributed by atoms with Crippen LogP contribution in [0.5, 0.6) is 0 Å². The van der Waals surface area contributed by atoms with Crippen LogP contribution < -0.4 is 10.9 Å². The molecule has 1 fully saturated rings. The molecule has 1 aromatic heterocycles. The number of halogens is 1. The van der Waals surface area contributed by atoms with E-state index in [1.165, 1.54) is 17.7 Å². The molecule has 5 heteroatoms. The Kier molecular flexibility index (Phi) is 4.34. The summed E-state index contributed by atoms with van der Waals surface area (Å²) in [5, 5.41) is 0. The second-order valence-electron chi connectivity index (χ2n) is 5.64. The van der Waals surface area contributed by atoms with E-state index in [0.29, 0.717) is 5.92 Å². The Balaban J connectivity index is 1.62. The average molecular weight is 289 g/mol. The lowest BCUT2D eigenvalue weighted by atomic mass is 9.94. The molecule has 2 N–H and O–H groups in total. The standard InChI is InChI=1S/C16H20FN3O/c1-20(9-12-6-7-21-11-12)10-14-8-18-19-16(14)13-2-4-15(17)5-3-13/h2-7,11,14,16,18-19H,8-10H2,1H3. The van der Waals surface area contributed by atoms with Crippen LogP contribution in [0.1, 0.15) is 17.2 Å². The molecule has 0 radical (unpaired) electrons. The Hall–Kier alpha value is -1.69. The summed E-state index contributed by atoms with van der Waals surface area (Å²) in [6.07, 6.45) is 3.47. The monoisotopic (exact) mass is 289 g/mol. The number of nitrogens with one attached hydrogen (secondary N) is 2. The van der Waals surface area contributed by atoms with E-state index in [1.807, 2.05) is 18.2 Å². The van der Waals surface area contributed by atoms with Crippen LogP contribution in [0.25, 0.3) is 0 Å². The van der Waals surface area contributed by atoms with Crippen LogP contribution in [-0.2, 0) is 6.54 Å². The Morgan fingerprint density at radius 3 is 2.81 bits per heavy atom. The first kappa shape index (κ1) is 14.3. The molecule has 21 heavy (non-hydrogen) atoms. The normalized spacial score (nSPS) is 22.0. The van der Waals surface area contributed by atoms with E-state index in [1.54, 1.807) is 12.5 Å². The van der Waals surface area contributed by atoms with Gasteiger partial charge < -0.3 is 9.32 Å². The van der Waals surface area contributed by atoms with E-state index < -0.39 is 0 Å². The molecule has 1 aliphatic rings. The van der Waals surface area contributed by atoms with Crippen LogP contribution in [0.4, 0.5) is 4.39 Å². The van der Waals surface area contributed by atoms with E-state index >= 15 is 0 Å². The summed E-state index contributed by atoms with van der Waals surface area (Å²) in [6.45, 7) is 2.72. The first-order chi connectivity index (χ1) is 10.2. The van der Waals surface area contributed by atoms with Gasteiger partial charge in [0.05, 0.1) is 18.6 Å². The van der Waals surface area contributed by atoms with Gasteiger partial charge in [0.1, 0.15) is 5.82 Å². The molecule has 2 heterocycles. The van der Waals surface area contributed by atoms with Gasteiger partial charge in [0.2, 0.25) is 0 Å². The lowest BCUT2D eigenvalue weighted by molar-refractivity contribution is 0.262. The van der Waals surface area contributed by atoms with Gasteiger partial charge in [-0.25, -0.2) is 9.82 Å². The first-order valence-corrected chi connectivity index (χ1v) is 7.16. The van der Waals surface area contributed by atoms with Crippen molar-refractivity contribution in [3.63, 3.8) is 0 Å². The van der Waals surface area contributed by atoms with Crippen molar-refractivity contribution in [1.29, 1.82) is 0 Å². The summed E-state index contributed by atoms with van der Waals surface area (Å²) in [5.41, 5.74) is 8.79. The fraction of sp³-hybridized carbons (Fsp3) is 0.375. The quantitative estimate of drug-likeness (QED) is 0.886. The number of hydrazine groups is 1. The van der Waals surface area contributed by atoms with Gasteiger partial charge in [-0.15, -0.1) is 0 Å². The minimum atomic E-state index is -0.196. The molecule has 0 saturated carbocycles. The van der Waals surface area contributed by atoms with Crippen molar-refractivity contribution in [3.8, 4) is 0 Å². The van der Waals surface area contributed by atoms with Gasteiger partial charge in [0.25, 0.3) is 0 Å². The van der Waals surface area contributed by atoms with Crippen molar-refractivity contribution in [2.24, 2.45) is 5.92 Å². The molecule has 4 nitrogen and oxygen atoms in total. The van der Waals surface area contributed by atoms with Crippen molar-refractivity contribution in [3.05, 3.63) is 59.8 Å². The third-order valence-electron chi connectivity index (χ3n) is 3.90. The maximum atomic E-state index is 13.0. The summed E-state index contributed by atoms with van der Waals surface area (Å²) in [6, 6.07) is 8.92. The first-order valence-electron chi connectivity index (χ1n) is 7.16. The molecule has 0 spiro atoms. The Morgan fingerprint density at radius 1 is 1.29 bits per heavy atom. The van der Waals surface area contributed by atoms with Crippen molar-refractivity contribution in [2.45, 2.75) is 12.6 Å². The molecule has 1 aromatic carbocycles. The number of hydrogen-bond donors (Lipinski definition) is 2. The lowest BCUT2D eigenvalue weighted by Gasteiger charge is -2.24. The van der Waals surface area contributed by atoms with Gasteiger partial charge in [0.15, 0.2) is 0 Å². The average Bonchev–Trinajstić information content (AvgIpc) is 3.11. The predicted octanol–water partition coefficient (Wildman–Crippen LogP) is 2.32. The molecule has 2 atom stereocenters. The largest absolute Gasteiger partial charge is 0.472 e. The van der Waals surface area contributed by atoms with Crippen molar-refractivity contribution in [1.82, 2.24) is 15.8 Å². The number of hydrogen-bond acceptors (Lipinski definition) is 4. The maximum Gasteiger partial charge on any atom is 0.123 e. The van der Waals surface area contributed by atoms with E-state index in [-0.39, 0.29) is 11.9 Å². The van der Waals surface area contributed by atoms with E-state index in [9.17, 15) is 4.39 Å². The SMILES string of the molecule is CN(Cc1ccoc1)CC1CNNC1c1ccc(F)cc1. The number of benzene rings is 1. The Labute approximate surface area is 123 Å². The molecule has 1 saturated heterocycles. The number of furan rings is 1. The molecular formula is C16H20FN3O. The molecule has 2 unspecified atom stereocenters. The fourth-order valence-electron chi connectivity index (χ4n) is 2.89. The molecule has 0 aliphatic carbocycles. The van der Waals surface area contributed by atoms with Crippen LogP contribution in [0.2, 0.25) is 0 Å². The molecule has 2 aromatic rings. The summed E-state index contributed by atoms with van der Waals surface area (Å²) < 4.78 is 18.1. The molecule has 112 valence electrons. The zero-order valence-electron chi connectivity index (χ0n) is 12.1. The van der Waals surface area contributed by atoms with Gasteiger partial charge in [-0.3, -0.25) is 5.43 Å². The van der Waals surface area contributed by atoms with Gasteiger partial charge in [-0.2, -0.15) is 0 Å². The highest BCUT2D eigenvalue weighted by atomic mass is 19.1. The fourth-order valence-corrected chi connectivity index (χ4v) is 2.89. The van der Waals surface area contributed by atoms with E-state index in [0.717, 1.165) is 25.2 Å². The summed E-state index contributed by atoms with van der Waals surface area (Å²) in [4.78, 5) is 2.28.